The molecule has 0 aliphatic carbocycles. The number of benzene rings is 2. The van der Waals surface area contributed by atoms with Gasteiger partial charge in [-0.15, -0.1) is 0 Å². The second-order valence-corrected chi connectivity index (χ2v) is 6.73. The molecule has 0 saturated carbocycles. The zero-order chi connectivity index (χ0) is 18.7. The van der Waals surface area contributed by atoms with Gasteiger partial charge in [0, 0.05) is 17.1 Å². The van der Waals surface area contributed by atoms with Crippen LogP contribution in [-0.4, -0.2) is 25.1 Å². The van der Waals surface area contributed by atoms with Crippen LogP contribution < -0.4 is 15.6 Å². The molecule has 6 heteroatoms. The monoisotopic (exact) mass is 368 g/mol. The third-order valence-corrected chi connectivity index (χ3v) is 4.78. The predicted octanol–water partition coefficient (Wildman–Crippen LogP) is 3.97. The Morgan fingerprint density at radius 3 is 2.73 bits per heavy atom. The molecule has 0 saturated heterocycles. The SMILES string of the molecule is C=C1CCN(C)C(c2ccc(OCC#N)cc2)N(N)c2ccc(Cl)cc21. The van der Waals surface area contributed by atoms with Gasteiger partial charge in [-0.2, -0.15) is 5.26 Å². The minimum Gasteiger partial charge on any atom is -0.479 e. The Bertz CT molecular complexity index is 844. The van der Waals surface area contributed by atoms with Crippen molar-refractivity contribution in [1.82, 2.24) is 4.90 Å². The molecule has 0 bridgehead atoms. The summed E-state index contributed by atoms with van der Waals surface area (Å²) in [5.41, 5.74) is 3.92. The van der Waals surface area contributed by atoms with Crippen molar-refractivity contribution in [3.8, 4) is 11.8 Å². The molecule has 1 unspecified atom stereocenters. The van der Waals surface area contributed by atoms with Crippen molar-refractivity contribution >= 4 is 22.9 Å². The zero-order valence-corrected chi connectivity index (χ0v) is 15.4. The van der Waals surface area contributed by atoms with E-state index in [1.807, 2.05) is 55.6 Å². The van der Waals surface area contributed by atoms with Gasteiger partial charge in [-0.1, -0.05) is 30.3 Å². The fraction of sp³-hybridized carbons (Fsp3) is 0.250. The van der Waals surface area contributed by atoms with Crippen LogP contribution in [0.4, 0.5) is 5.69 Å². The van der Waals surface area contributed by atoms with E-state index in [0.717, 1.165) is 35.4 Å². The summed E-state index contributed by atoms with van der Waals surface area (Å²) in [6, 6.07) is 15.3. The Morgan fingerprint density at radius 1 is 1.31 bits per heavy atom. The fourth-order valence-electron chi connectivity index (χ4n) is 3.20. The molecular weight excluding hydrogens is 348 g/mol. The largest absolute Gasteiger partial charge is 0.479 e. The summed E-state index contributed by atoms with van der Waals surface area (Å²) in [7, 11) is 2.04. The maximum Gasteiger partial charge on any atom is 0.174 e. The zero-order valence-electron chi connectivity index (χ0n) is 14.7. The van der Waals surface area contributed by atoms with Gasteiger partial charge in [-0.25, -0.2) is 5.84 Å². The normalized spacial score (nSPS) is 17.8. The Morgan fingerprint density at radius 2 is 2.04 bits per heavy atom. The van der Waals surface area contributed by atoms with Crippen LogP contribution in [-0.2, 0) is 0 Å². The van der Waals surface area contributed by atoms with Crippen LogP contribution in [0.25, 0.3) is 5.57 Å². The van der Waals surface area contributed by atoms with E-state index in [1.165, 1.54) is 0 Å². The molecule has 0 spiro atoms. The van der Waals surface area contributed by atoms with Crippen molar-refractivity contribution in [1.29, 1.82) is 5.26 Å². The Hall–Kier alpha value is -2.52. The van der Waals surface area contributed by atoms with Gasteiger partial charge < -0.3 is 4.74 Å². The minimum atomic E-state index is -0.145. The van der Waals surface area contributed by atoms with Gasteiger partial charge in [0.15, 0.2) is 6.61 Å². The van der Waals surface area contributed by atoms with Crippen molar-refractivity contribution in [3.05, 3.63) is 65.2 Å². The molecule has 1 heterocycles. The van der Waals surface area contributed by atoms with Crippen LogP contribution in [0.3, 0.4) is 0 Å². The van der Waals surface area contributed by atoms with Crippen LogP contribution in [0.2, 0.25) is 5.02 Å². The van der Waals surface area contributed by atoms with Gasteiger partial charge in [0.1, 0.15) is 18.0 Å². The van der Waals surface area contributed by atoms with Crippen LogP contribution in [0, 0.1) is 11.3 Å². The molecule has 2 aromatic rings. The van der Waals surface area contributed by atoms with Gasteiger partial charge in [0.05, 0.1) is 5.69 Å². The molecule has 1 atom stereocenters. The van der Waals surface area contributed by atoms with Gasteiger partial charge in [-0.05, 0) is 54.9 Å². The predicted molar refractivity (Wildman–Crippen MR) is 105 cm³/mol. The van der Waals surface area contributed by atoms with E-state index in [4.69, 9.17) is 27.4 Å². The standard InChI is InChI=1S/C20H21ClN4O/c1-14-9-11-24(2)20(15-3-6-17(7-4-15)26-12-10-22)25(23)19-8-5-16(21)13-18(14)19/h3-8,13,20H,1,9,11-12,23H2,2H3. The highest BCUT2D eigenvalue weighted by Crippen LogP contribution is 2.37. The molecule has 1 aliphatic rings. The lowest BCUT2D eigenvalue weighted by atomic mass is 9.99. The van der Waals surface area contributed by atoms with E-state index >= 15 is 0 Å². The third-order valence-electron chi connectivity index (χ3n) is 4.55. The van der Waals surface area contributed by atoms with Gasteiger partial charge >= 0.3 is 0 Å². The second-order valence-electron chi connectivity index (χ2n) is 6.29. The molecule has 134 valence electrons. The van der Waals surface area contributed by atoms with Gasteiger partial charge in [-0.3, -0.25) is 9.91 Å². The second kappa shape index (κ2) is 7.79. The van der Waals surface area contributed by atoms with Crippen molar-refractivity contribution in [3.63, 3.8) is 0 Å². The summed E-state index contributed by atoms with van der Waals surface area (Å²) in [5, 5.41) is 11.0. The molecule has 2 N–H and O–H groups in total. The Kier molecular flexibility index (Phi) is 5.48. The number of ether oxygens (including phenoxy) is 1. The van der Waals surface area contributed by atoms with Gasteiger partial charge in [0.2, 0.25) is 0 Å². The molecule has 0 aromatic heterocycles. The number of hydrogen-bond acceptors (Lipinski definition) is 5. The van der Waals surface area contributed by atoms with E-state index in [2.05, 4.69) is 11.5 Å². The highest BCUT2D eigenvalue weighted by Gasteiger charge is 2.27. The molecule has 0 radical (unpaired) electrons. The summed E-state index contributed by atoms with van der Waals surface area (Å²) in [5.74, 6) is 7.21. The van der Waals surface area contributed by atoms with Crippen molar-refractivity contribution in [2.24, 2.45) is 5.84 Å². The topological polar surface area (TPSA) is 65.5 Å². The molecular formula is C20H21ClN4O. The summed E-state index contributed by atoms with van der Waals surface area (Å²) < 4.78 is 5.33. The lowest BCUT2D eigenvalue weighted by Crippen LogP contribution is -2.45. The minimum absolute atomic E-state index is 0.0297. The van der Waals surface area contributed by atoms with Crippen molar-refractivity contribution in [2.45, 2.75) is 12.6 Å². The highest BCUT2D eigenvalue weighted by molar-refractivity contribution is 6.30. The first-order valence-electron chi connectivity index (χ1n) is 8.33. The average Bonchev–Trinajstić information content (AvgIpc) is 2.64. The first-order valence-corrected chi connectivity index (χ1v) is 8.70. The number of nitrogens with two attached hydrogens (primary N) is 1. The number of nitrogens with zero attached hydrogens (tertiary/aromatic N) is 3. The average molecular weight is 369 g/mol. The molecule has 1 aliphatic heterocycles. The van der Waals surface area contributed by atoms with Crippen molar-refractivity contribution < 1.29 is 4.74 Å². The smallest absolute Gasteiger partial charge is 0.174 e. The molecule has 5 nitrogen and oxygen atoms in total. The Balaban J connectivity index is 1.98. The fourth-order valence-corrected chi connectivity index (χ4v) is 3.37. The maximum absolute atomic E-state index is 8.63. The molecule has 0 fully saturated rings. The molecule has 26 heavy (non-hydrogen) atoms. The first kappa shape index (κ1) is 18.3. The van der Waals surface area contributed by atoms with E-state index < -0.39 is 0 Å². The number of hydrogen-bond donors (Lipinski definition) is 1. The van der Waals surface area contributed by atoms with E-state index in [9.17, 15) is 0 Å². The number of rotatable bonds is 3. The number of fused-ring (bicyclic) bond motifs is 1. The first-order chi connectivity index (χ1) is 12.5. The third kappa shape index (κ3) is 3.68. The summed E-state index contributed by atoms with van der Waals surface area (Å²) in [6.45, 7) is 5.04. The number of halogens is 1. The van der Waals surface area contributed by atoms with Gasteiger partial charge in [0.25, 0.3) is 0 Å². The molecule has 2 aromatic carbocycles. The summed E-state index contributed by atoms with van der Waals surface area (Å²) >= 11 is 6.18. The van der Waals surface area contributed by atoms with Crippen molar-refractivity contribution in [2.75, 3.05) is 25.2 Å². The van der Waals surface area contributed by atoms with Crippen LogP contribution in [0.1, 0.15) is 23.7 Å². The quantitative estimate of drug-likeness (QED) is 0.830. The lowest BCUT2D eigenvalue weighted by Gasteiger charge is -2.39. The summed E-state index contributed by atoms with van der Waals surface area (Å²) in [4.78, 5) is 2.19. The molecule has 0 amide bonds. The van der Waals surface area contributed by atoms with E-state index in [0.29, 0.717) is 10.8 Å². The number of hydrazine groups is 1. The lowest BCUT2D eigenvalue weighted by molar-refractivity contribution is 0.240. The maximum atomic E-state index is 8.63. The highest BCUT2D eigenvalue weighted by atomic mass is 35.5. The number of nitriles is 1. The Labute approximate surface area is 158 Å². The van der Waals surface area contributed by atoms with E-state index in [1.54, 1.807) is 5.01 Å². The van der Waals surface area contributed by atoms with E-state index in [-0.39, 0.29) is 12.8 Å². The van der Waals surface area contributed by atoms with Crippen LogP contribution >= 0.6 is 11.6 Å². The molecule has 3 rings (SSSR count). The number of anilines is 1. The van der Waals surface area contributed by atoms with Crippen LogP contribution in [0.15, 0.2) is 49.0 Å². The van der Waals surface area contributed by atoms with Crippen LogP contribution in [0.5, 0.6) is 5.75 Å². The summed E-state index contributed by atoms with van der Waals surface area (Å²) in [6.07, 6.45) is 0.686.